The van der Waals surface area contributed by atoms with E-state index in [1.54, 1.807) is 0 Å². The van der Waals surface area contributed by atoms with Gasteiger partial charge in [-0.3, -0.25) is 0 Å². The number of hydrogen-bond donors (Lipinski definition) is 2. The van der Waals surface area contributed by atoms with Gasteiger partial charge in [-0.25, -0.2) is 9.78 Å². The summed E-state index contributed by atoms with van der Waals surface area (Å²) in [6.07, 6.45) is 1.46. The number of thiazole rings is 1. The summed E-state index contributed by atoms with van der Waals surface area (Å²) in [6, 6.07) is -0.148. The zero-order chi connectivity index (χ0) is 12.3. The Hall–Kier alpha value is -2.03. The zero-order valence-electron chi connectivity index (χ0n) is 9.17. The van der Waals surface area contributed by atoms with E-state index in [1.807, 2.05) is 6.92 Å². The predicted molar refractivity (Wildman–Crippen MR) is 59.7 cm³/mol. The molecule has 2 aromatic rings. The van der Waals surface area contributed by atoms with Crippen LogP contribution in [0.25, 0.3) is 0 Å². The van der Waals surface area contributed by atoms with Gasteiger partial charge in [0.1, 0.15) is 4.88 Å². The first-order valence-electron chi connectivity index (χ1n) is 4.74. The molecular formula is C8H10N6O2S. The van der Waals surface area contributed by atoms with E-state index in [1.165, 1.54) is 24.6 Å². The summed E-state index contributed by atoms with van der Waals surface area (Å²) in [6.45, 7) is 1.87. The first-order chi connectivity index (χ1) is 8.20. The van der Waals surface area contributed by atoms with Crippen LogP contribution >= 0.6 is 11.3 Å². The second kappa shape index (κ2) is 4.87. The maximum absolute atomic E-state index is 11.2. The van der Waals surface area contributed by atoms with E-state index in [4.69, 9.17) is 0 Å². The first-order valence-corrected chi connectivity index (χ1v) is 5.56. The summed E-state index contributed by atoms with van der Waals surface area (Å²) in [7, 11) is 1.33. The van der Waals surface area contributed by atoms with Crippen LogP contribution in [0.1, 0.15) is 28.5 Å². The number of anilines is 1. The summed E-state index contributed by atoms with van der Waals surface area (Å²) in [5.74, 6) is 0.127. The van der Waals surface area contributed by atoms with E-state index < -0.39 is 5.97 Å². The van der Waals surface area contributed by atoms with Crippen molar-refractivity contribution in [3.63, 3.8) is 0 Å². The van der Waals surface area contributed by atoms with Crippen LogP contribution in [0.2, 0.25) is 0 Å². The number of carbonyl (C=O) groups is 1. The molecule has 0 amide bonds. The molecule has 0 aliphatic rings. The van der Waals surface area contributed by atoms with Crippen molar-refractivity contribution in [1.82, 2.24) is 25.6 Å². The normalized spacial score (nSPS) is 12.1. The summed E-state index contributed by atoms with van der Waals surface area (Å²) >= 11 is 1.21. The van der Waals surface area contributed by atoms with Crippen LogP contribution in [0, 0.1) is 0 Å². The van der Waals surface area contributed by atoms with Gasteiger partial charge in [0.15, 0.2) is 11.0 Å². The average Bonchev–Trinajstić information content (AvgIpc) is 2.98. The summed E-state index contributed by atoms with van der Waals surface area (Å²) in [4.78, 5) is 15.7. The molecule has 0 aromatic carbocycles. The summed E-state index contributed by atoms with van der Waals surface area (Å²) < 4.78 is 4.59. The molecule has 2 aromatic heterocycles. The number of methoxy groups -OCH3 is 1. The summed E-state index contributed by atoms with van der Waals surface area (Å²) in [5.41, 5.74) is 0. The van der Waals surface area contributed by atoms with Gasteiger partial charge in [-0.15, -0.1) is 10.2 Å². The highest BCUT2D eigenvalue weighted by Gasteiger charge is 2.14. The van der Waals surface area contributed by atoms with Gasteiger partial charge in [0.25, 0.3) is 0 Å². The molecule has 2 rings (SSSR count). The Balaban J connectivity index is 2.04. The van der Waals surface area contributed by atoms with Gasteiger partial charge in [0, 0.05) is 0 Å². The number of aromatic amines is 1. The van der Waals surface area contributed by atoms with Crippen molar-refractivity contribution in [1.29, 1.82) is 0 Å². The van der Waals surface area contributed by atoms with E-state index in [-0.39, 0.29) is 6.04 Å². The number of hydrogen-bond acceptors (Lipinski definition) is 8. The molecule has 90 valence electrons. The Morgan fingerprint density at radius 1 is 1.65 bits per heavy atom. The van der Waals surface area contributed by atoms with Crippen molar-refractivity contribution in [3.8, 4) is 0 Å². The molecular weight excluding hydrogens is 244 g/mol. The highest BCUT2D eigenvalue weighted by atomic mass is 32.1. The van der Waals surface area contributed by atoms with Gasteiger partial charge < -0.3 is 10.1 Å². The number of esters is 1. The molecule has 0 bridgehead atoms. The highest BCUT2D eigenvalue weighted by Crippen LogP contribution is 2.22. The van der Waals surface area contributed by atoms with Crippen molar-refractivity contribution in [3.05, 3.63) is 16.9 Å². The second-order valence-electron chi connectivity index (χ2n) is 3.16. The number of nitrogens with one attached hydrogen (secondary N) is 2. The topological polar surface area (TPSA) is 106 Å². The van der Waals surface area contributed by atoms with Crippen LogP contribution in [0.15, 0.2) is 6.20 Å². The van der Waals surface area contributed by atoms with Crippen molar-refractivity contribution in [2.75, 3.05) is 12.4 Å². The second-order valence-corrected chi connectivity index (χ2v) is 4.19. The van der Waals surface area contributed by atoms with Gasteiger partial charge in [0.2, 0.25) is 0 Å². The van der Waals surface area contributed by atoms with E-state index >= 15 is 0 Å². The predicted octanol–water partition coefficient (Wildman–Crippen LogP) is 0.616. The van der Waals surface area contributed by atoms with Gasteiger partial charge in [-0.2, -0.15) is 5.21 Å². The molecule has 8 nitrogen and oxygen atoms in total. The third kappa shape index (κ3) is 2.56. The van der Waals surface area contributed by atoms with E-state index in [2.05, 4.69) is 35.7 Å². The highest BCUT2D eigenvalue weighted by molar-refractivity contribution is 7.17. The molecule has 17 heavy (non-hydrogen) atoms. The maximum atomic E-state index is 11.2. The van der Waals surface area contributed by atoms with Crippen LogP contribution in [-0.4, -0.2) is 38.7 Å². The third-order valence-electron chi connectivity index (χ3n) is 1.98. The van der Waals surface area contributed by atoms with Crippen LogP contribution in [-0.2, 0) is 4.74 Å². The fourth-order valence-corrected chi connectivity index (χ4v) is 1.96. The Morgan fingerprint density at radius 3 is 3.12 bits per heavy atom. The van der Waals surface area contributed by atoms with Crippen LogP contribution < -0.4 is 5.32 Å². The third-order valence-corrected chi connectivity index (χ3v) is 2.89. The SMILES string of the molecule is COC(=O)c1cnc(NC(C)c2nn[nH]n2)s1. The zero-order valence-corrected chi connectivity index (χ0v) is 9.98. The molecule has 1 unspecified atom stereocenters. The average molecular weight is 254 g/mol. The van der Waals surface area contributed by atoms with Crippen molar-refractivity contribution >= 4 is 22.4 Å². The monoisotopic (exact) mass is 254 g/mol. The smallest absolute Gasteiger partial charge is 0.349 e. The van der Waals surface area contributed by atoms with Crippen LogP contribution in [0.5, 0.6) is 0 Å². The molecule has 0 aliphatic heterocycles. The molecule has 2 heterocycles. The number of nitrogens with zero attached hydrogens (tertiary/aromatic N) is 4. The molecule has 0 saturated carbocycles. The lowest BCUT2D eigenvalue weighted by atomic mass is 10.3. The fourth-order valence-electron chi connectivity index (χ4n) is 1.14. The number of tetrazole rings is 1. The minimum Gasteiger partial charge on any atom is -0.465 e. The Labute approximate surface area is 100 Å². The molecule has 0 spiro atoms. The molecule has 0 saturated heterocycles. The number of aromatic nitrogens is 5. The molecule has 0 fully saturated rings. The minimum absolute atomic E-state index is 0.148. The van der Waals surface area contributed by atoms with Gasteiger partial charge in [-0.1, -0.05) is 16.6 Å². The summed E-state index contributed by atoms with van der Waals surface area (Å²) in [5, 5.41) is 17.2. The van der Waals surface area contributed by atoms with Crippen LogP contribution in [0.4, 0.5) is 5.13 Å². The lowest BCUT2D eigenvalue weighted by molar-refractivity contribution is 0.0606. The molecule has 1 atom stereocenters. The van der Waals surface area contributed by atoms with Crippen molar-refractivity contribution < 1.29 is 9.53 Å². The first kappa shape index (κ1) is 11.5. The molecule has 0 aliphatic carbocycles. The number of ether oxygens (including phenoxy) is 1. The number of carbonyl (C=O) groups excluding carboxylic acids is 1. The van der Waals surface area contributed by atoms with Gasteiger partial charge >= 0.3 is 5.97 Å². The molecule has 2 N–H and O–H groups in total. The number of H-pyrrole nitrogens is 1. The van der Waals surface area contributed by atoms with E-state index in [9.17, 15) is 4.79 Å². The fraction of sp³-hybridized carbons (Fsp3) is 0.375. The van der Waals surface area contributed by atoms with E-state index in [0.717, 1.165) is 0 Å². The largest absolute Gasteiger partial charge is 0.465 e. The van der Waals surface area contributed by atoms with Crippen LogP contribution in [0.3, 0.4) is 0 Å². The quantitative estimate of drug-likeness (QED) is 0.770. The van der Waals surface area contributed by atoms with Crippen molar-refractivity contribution in [2.45, 2.75) is 13.0 Å². The minimum atomic E-state index is -0.400. The van der Waals surface area contributed by atoms with Gasteiger partial charge in [-0.05, 0) is 6.92 Å². The molecule has 9 heteroatoms. The standard InChI is InChI=1S/C8H10N6O2S/c1-4(6-11-13-14-12-6)10-8-9-3-5(17-8)7(15)16-2/h3-4H,1-2H3,(H,9,10)(H,11,12,13,14). The maximum Gasteiger partial charge on any atom is 0.349 e. The van der Waals surface area contributed by atoms with Crippen molar-refractivity contribution in [2.24, 2.45) is 0 Å². The Morgan fingerprint density at radius 2 is 2.47 bits per heavy atom. The Bertz CT molecular complexity index is 496. The lowest BCUT2D eigenvalue weighted by Crippen LogP contribution is -2.08. The molecule has 0 radical (unpaired) electrons. The number of rotatable bonds is 4. The lowest BCUT2D eigenvalue weighted by Gasteiger charge is -2.06. The van der Waals surface area contributed by atoms with Gasteiger partial charge in [0.05, 0.1) is 19.3 Å². The van der Waals surface area contributed by atoms with E-state index in [0.29, 0.717) is 15.8 Å². The Kier molecular flexibility index (Phi) is 3.28.